The highest BCUT2D eigenvalue weighted by molar-refractivity contribution is 6.07. The molecule has 2 aliphatic rings. The van der Waals surface area contributed by atoms with Crippen molar-refractivity contribution in [3.8, 4) is 6.07 Å². The summed E-state index contributed by atoms with van der Waals surface area (Å²) in [6.07, 6.45) is 0.571. The van der Waals surface area contributed by atoms with E-state index in [2.05, 4.69) is 26.5 Å². The summed E-state index contributed by atoms with van der Waals surface area (Å²) in [4.78, 5) is 48.3. The summed E-state index contributed by atoms with van der Waals surface area (Å²) in [7, 11) is 0. The first-order chi connectivity index (χ1) is 18.2. The maximum absolute atomic E-state index is 13.9. The molecule has 1 saturated heterocycles. The Bertz CT molecular complexity index is 1560. The van der Waals surface area contributed by atoms with E-state index in [1.54, 1.807) is 18.2 Å². The molecule has 3 amide bonds. The number of nitriles is 1. The van der Waals surface area contributed by atoms with Crippen LogP contribution in [0.4, 0.5) is 11.4 Å². The van der Waals surface area contributed by atoms with Gasteiger partial charge in [0.05, 0.1) is 18.1 Å². The van der Waals surface area contributed by atoms with Crippen LogP contribution in [0, 0.1) is 30.7 Å². The molecule has 1 fully saturated rings. The summed E-state index contributed by atoms with van der Waals surface area (Å²) in [5, 5.41) is 16.5. The Hall–Kier alpha value is -4.63. The molecule has 9 heteroatoms. The summed E-state index contributed by atoms with van der Waals surface area (Å²) >= 11 is 0. The highest BCUT2D eigenvalue weighted by atomic mass is 16.2. The number of aromatic amines is 1. The van der Waals surface area contributed by atoms with Crippen LogP contribution < -0.4 is 10.6 Å². The molecule has 192 valence electrons. The average Bonchev–Trinajstić information content (AvgIpc) is 3.57. The Morgan fingerprint density at radius 3 is 2.76 bits per heavy atom. The van der Waals surface area contributed by atoms with Crippen LogP contribution in [0.15, 0.2) is 42.5 Å². The number of carbonyl (C=O) groups excluding carboxylic acids is 3. The number of nitrogens with zero attached hydrogens (tertiary/aromatic N) is 3. The zero-order valence-corrected chi connectivity index (χ0v) is 21.5. The number of hydrogen-bond acceptors (Lipinski definition) is 4. The molecule has 0 unspecified atom stereocenters. The van der Waals surface area contributed by atoms with Gasteiger partial charge in [-0.1, -0.05) is 43.7 Å². The van der Waals surface area contributed by atoms with Crippen LogP contribution in [0.2, 0.25) is 0 Å². The van der Waals surface area contributed by atoms with Crippen molar-refractivity contribution in [1.29, 1.82) is 5.26 Å². The van der Waals surface area contributed by atoms with Gasteiger partial charge in [0.2, 0.25) is 11.8 Å². The molecule has 3 N–H and O–H groups in total. The van der Waals surface area contributed by atoms with Gasteiger partial charge in [0, 0.05) is 29.6 Å². The number of benzene rings is 2. The Kier molecular flexibility index (Phi) is 6.16. The maximum atomic E-state index is 13.9. The number of amides is 3. The number of aromatic nitrogens is 1. The number of rotatable bonds is 5. The van der Waals surface area contributed by atoms with Crippen LogP contribution in [0.3, 0.4) is 0 Å². The van der Waals surface area contributed by atoms with E-state index < -0.39 is 23.4 Å². The Balaban J connectivity index is 1.43. The fraction of sp³-hybridized carbons (Fsp3) is 0.345. The van der Waals surface area contributed by atoms with Crippen molar-refractivity contribution in [2.24, 2.45) is 5.92 Å². The second-order valence-electron chi connectivity index (χ2n) is 10.6. The van der Waals surface area contributed by atoms with E-state index in [0.29, 0.717) is 23.3 Å². The van der Waals surface area contributed by atoms with E-state index in [1.165, 1.54) is 4.90 Å². The van der Waals surface area contributed by atoms with Gasteiger partial charge in [-0.3, -0.25) is 14.4 Å². The van der Waals surface area contributed by atoms with E-state index >= 15 is 0 Å². The molecule has 0 aliphatic carbocycles. The zero-order chi connectivity index (χ0) is 27.2. The van der Waals surface area contributed by atoms with E-state index in [9.17, 15) is 19.6 Å². The fourth-order valence-electron chi connectivity index (χ4n) is 5.70. The molecule has 3 aromatic rings. The molecule has 3 heterocycles. The summed E-state index contributed by atoms with van der Waals surface area (Å²) in [5.74, 6) is -0.959. The van der Waals surface area contributed by atoms with Crippen LogP contribution in [0.5, 0.6) is 0 Å². The molecular weight excluding hydrogens is 480 g/mol. The largest absolute Gasteiger partial charge is 0.352 e. The van der Waals surface area contributed by atoms with E-state index in [4.69, 9.17) is 6.57 Å². The van der Waals surface area contributed by atoms with Gasteiger partial charge in [0.15, 0.2) is 5.69 Å². The van der Waals surface area contributed by atoms with Crippen molar-refractivity contribution < 1.29 is 14.4 Å². The van der Waals surface area contributed by atoms with E-state index in [1.807, 2.05) is 45.0 Å². The van der Waals surface area contributed by atoms with Crippen LogP contribution in [0.25, 0.3) is 15.7 Å². The number of para-hydroxylation sites is 1. The van der Waals surface area contributed by atoms with Crippen molar-refractivity contribution in [1.82, 2.24) is 15.2 Å². The third-order valence-electron chi connectivity index (χ3n) is 7.53. The number of likely N-dealkylation sites (tertiary alicyclic amines) is 1. The number of carbonyl (C=O) groups is 3. The van der Waals surface area contributed by atoms with Crippen molar-refractivity contribution in [3.05, 3.63) is 70.7 Å². The maximum Gasteiger partial charge on any atom is 0.268 e. The number of hydrogen-bond donors (Lipinski definition) is 3. The van der Waals surface area contributed by atoms with Crippen molar-refractivity contribution >= 4 is 40.0 Å². The second-order valence-corrected chi connectivity index (χ2v) is 10.6. The van der Waals surface area contributed by atoms with Crippen molar-refractivity contribution in [2.75, 3.05) is 11.9 Å². The van der Waals surface area contributed by atoms with E-state index in [-0.39, 0.29) is 36.4 Å². The summed E-state index contributed by atoms with van der Waals surface area (Å²) in [6, 6.07) is 13.1. The Morgan fingerprint density at radius 1 is 1.29 bits per heavy atom. The summed E-state index contributed by atoms with van der Waals surface area (Å²) < 4.78 is 0. The van der Waals surface area contributed by atoms with E-state index in [0.717, 1.165) is 16.5 Å². The predicted octanol–water partition coefficient (Wildman–Crippen LogP) is 4.19. The van der Waals surface area contributed by atoms with Gasteiger partial charge in [0.1, 0.15) is 17.8 Å². The molecule has 3 atom stereocenters. The lowest BCUT2D eigenvalue weighted by Gasteiger charge is -2.28. The molecule has 0 bridgehead atoms. The Morgan fingerprint density at radius 2 is 2.05 bits per heavy atom. The van der Waals surface area contributed by atoms with Gasteiger partial charge in [-0.15, -0.1) is 0 Å². The highest BCUT2D eigenvalue weighted by Crippen LogP contribution is 2.46. The number of fused-ring (bicyclic) bond motifs is 3. The molecule has 38 heavy (non-hydrogen) atoms. The van der Waals surface area contributed by atoms with Gasteiger partial charge < -0.3 is 20.5 Å². The first kappa shape index (κ1) is 25.0. The lowest BCUT2D eigenvalue weighted by atomic mass is 9.80. The number of nitrogens with one attached hydrogen (secondary N) is 3. The molecule has 2 aromatic carbocycles. The minimum atomic E-state index is -0.992. The fourth-order valence-corrected chi connectivity index (χ4v) is 5.70. The molecule has 5 rings (SSSR count). The molecule has 0 radical (unpaired) electrons. The third-order valence-corrected chi connectivity index (χ3v) is 7.53. The number of H-pyrrole nitrogens is 1. The van der Waals surface area contributed by atoms with Gasteiger partial charge >= 0.3 is 0 Å². The van der Waals surface area contributed by atoms with Crippen LogP contribution in [-0.4, -0.2) is 46.2 Å². The molecule has 0 saturated carbocycles. The lowest BCUT2D eigenvalue weighted by molar-refractivity contribution is -0.134. The molecule has 9 nitrogen and oxygen atoms in total. The first-order valence-electron chi connectivity index (χ1n) is 12.6. The Labute approximate surface area is 220 Å². The van der Waals surface area contributed by atoms with Gasteiger partial charge in [0.25, 0.3) is 5.91 Å². The average molecular weight is 509 g/mol. The van der Waals surface area contributed by atoms with Crippen molar-refractivity contribution in [3.63, 3.8) is 0 Å². The molecular formula is C29H28N6O3. The lowest BCUT2D eigenvalue weighted by Crippen LogP contribution is -2.51. The zero-order valence-electron chi connectivity index (χ0n) is 21.5. The van der Waals surface area contributed by atoms with Gasteiger partial charge in [-0.05, 0) is 43.0 Å². The minimum absolute atomic E-state index is 0.0718. The number of aryl methyl sites for hydroxylation is 1. The summed E-state index contributed by atoms with van der Waals surface area (Å²) in [5.41, 5.74) is 2.79. The third kappa shape index (κ3) is 4.06. The SMILES string of the molecule is [C-]#[N+]c1cc(C)c2cc(C(=O)N[C@@H](CC(C)C)C(=O)N3C[C@]4(C[C@H]3C#N)C(=O)Nc3ccccc34)[nH]c2c1. The monoisotopic (exact) mass is 508 g/mol. The van der Waals surface area contributed by atoms with Crippen molar-refractivity contribution in [2.45, 2.75) is 51.1 Å². The topological polar surface area (TPSA) is 122 Å². The van der Waals surface area contributed by atoms with Gasteiger partial charge in [-0.2, -0.15) is 5.26 Å². The van der Waals surface area contributed by atoms with Crippen LogP contribution in [0.1, 0.15) is 48.3 Å². The second kappa shape index (κ2) is 9.35. The smallest absolute Gasteiger partial charge is 0.268 e. The quantitative estimate of drug-likeness (QED) is 0.447. The van der Waals surface area contributed by atoms with Crippen LogP contribution in [-0.2, 0) is 15.0 Å². The minimum Gasteiger partial charge on any atom is -0.352 e. The van der Waals surface area contributed by atoms with Crippen LogP contribution >= 0.6 is 0 Å². The molecule has 1 aromatic heterocycles. The predicted molar refractivity (Wildman–Crippen MR) is 142 cm³/mol. The molecule has 2 aliphatic heterocycles. The standard InChI is InChI=1S/C29H28N6O3/c1-16(2)9-25(33-26(36)24-12-20-17(3)10-18(31-4)11-23(20)32-24)27(37)35-15-29(13-19(35)14-30)21-7-5-6-8-22(21)34-28(29)38/h5-8,10-12,16,19,25,32H,9,13,15H2,1-3H3,(H,33,36)(H,34,38)/t19-,25-,29-/m0/s1. The van der Waals surface area contributed by atoms with Gasteiger partial charge in [-0.25, -0.2) is 4.85 Å². The number of anilines is 1. The summed E-state index contributed by atoms with van der Waals surface area (Å²) in [6.45, 7) is 13.1. The first-order valence-corrected chi connectivity index (χ1v) is 12.6. The highest BCUT2D eigenvalue weighted by Gasteiger charge is 2.56. The molecule has 1 spiro atoms. The normalized spacial score (nSPS) is 20.7.